The molecule has 40 heavy (non-hydrogen) atoms. The minimum absolute atomic E-state index is 0. The normalized spacial score (nSPS) is 15.7. The number of aromatic amines is 1. The van der Waals surface area contributed by atoms with Crippen molar-refractivity contribution in [2.75, 3.05) is 12.3 Å². The van der Waals surface area contributed by atoms with E-state index in [9.17, 15) is 14.7 Å². The Labute approximate surface area is 246 Å². The van der Waals surface area contributed by atoms with Crippen LogP contribution in [-0.4, -0.2) is 49.1 Å². The molecule has 0 aliphatic carbocycles. The Morgan fingerprint density at radius 1 is 1.15 bits per heavy atom. The lowest BCUT2D eigenvalue weighted by Gasteiger charge is -2.29. The number of amides is 2. The molecule has 2 atom stereocenters. The maximum atomic E-state index is 13.3. The number of likely N-dealkylation sites (tertiary alicyclic amines) is 1. The van der Waals surface area contributed by atoms with Gasteiger partial charge in [-0.05, 0) is 43.4 Å². The number of H-pyrrole nitrogens is 1. The van der Waals surface area contributed by atoms with Crippen LogP contribution in [0.2, 0.25) is 0 Å². The number of nitrogen functional groups attached to an aromatic ring is 1. The largest absolute Gasteiger partial charge is 0.465 e. The highest BCUT2D eigenvalue weighted by molar-refractivity contribution is 6.09. The molecule has 11 heteroatoms. The van der Waals surface area contributed by atoms with E-state index in [0.717, 1.165) is 66.0 Å². The molecule has 5 N–H and O–H groups in total. The summed E-state index contributed by atoms with van der Waals surface area (Å²) < 4.78 is 2.35. The van der Waals surface area contributed by atoms with Crippen molar-refractivity contribution in [2.24, 2.45) is 5.92 Å². The molecule has 0 radical (unpaired) electrons. The Morgan fingerprint density at radius 2 is 1.85 bits per heavy atom. The number of hydrogen-bond acceptors (Lipinski definition) is 4. The van der Waals surface area contributed by atoms with Gasteiger partial charge < -0.3 is 30.6 Å². The molecular formula is C29H38Cl2N6O3. The van der Waals surface area contributed by atoms with Gasteiger partial charge in [0.15, 0.2) is 0 Å². The quantitative estimate of drug-likeness (QED) is 0.178. The highest BCUT2D eigenvalue weighted by Gasteiger charge is 2.37. The predicted molar refractivity (Wildman–Crippen MR) is 164 cm³/mol. The molecule has 0 unspecified atom stereocenters. The van der Waals surface area contributed by atoms with Gasteiger partial charge in [-0.1, -0.05) is 45.4 Å². The summed E-state index contributed by atoms with van der Waals surface area (Å²) in [6, 6.07) is 11.5. The monoisotopic (exact) mass is 588 g/mol. The molecule has 3 heterocycles. The van der Waals surface area contributed by atoms with E-state index in [1.807, 2.05) is 32.2 Å². The molecule has 1 saturated heterocycles. The minimum Gasteiger partial charge on any atom is -0.465 e. The Hall–Kier alpha value is -3.43. The number of aromatic nitrogens is 3. The van der Waals surface area contributed by atoms with E-state index in [4.69, 9.17) is 5.73 Å². The van der Waals surface area contributed by atoms with E-state index in [1.165, 1.54) is 10.8 Å². The van der Waals surface area contributed by atoms with Crippen molar-refractivity contribution in [3.63, 3.8) is 0 Å². The molecule has 1 fully saturated rings. The Balaban J connectivity index is 0.00000220. The molecule has 0 spiro atoms. The van der Waals surface area contributed by atoms with Gasteiger partial charge in [-0.15, -0.1) is 24.8 Å². The Bertz CT molecular complexity index is 1500. The Morgan fingerprint density at radius 3 is 2.52 bits per heavy atom. The molecule has 1 aliphatic heterocycles. The third kappa shape index (κ3) is 5.86. The number of nitrogens with zero attached hydrogens (tertiary/aromatic N) is 3. The zero-order valence-corrected chi connectivity index (χ0v) is 24.6. The standard InChI is InChI=1S/C29H36N6O3.2ClH/c1-4-5-12-34-24-14-18(8-10-20(24)21-11-9-19(30)15-25(21)34)22-16-31-27(32-22)23-7-6-13-35(23)28(36)26(17(2)3)33-29(37)38;;/h8-11,14-17,23,26,33H,4-7,12-13,30H2,1-3H3,(H,31,32)(H,37,38);2*1H/t23-,26+;;/m0../s1. The SMILES string of the molecule is CCCCn1c2cc(N)ccc2c2ccc(-c3cnc([C@@H]4CCCN4C(=O)[C@H](NC(=O)O)C(C)C)[nH]3)cc21.Cl.Cl. The zero-order chi connectivity index (χ0) is 27.0. The van der Waals surface area contributed by atoms with Gasteiger partial charge in [0.1, 0.15) is 11.9 Å². The number of carboxylic acid groups (broad SMARTS) is 1. The number of aryl methyl sites for hydroxylation is 1. The molecule has 0 saturated carbocycles. The van der Waals surface area contributed by atoms with Gasteiger partial charge in [-0.25, -0.2) is 9.78 Å². The second-order valence-electron chi connectivity index (χ2n) is 10.6. The number of fused-ring (bicyclic) bond motifs is 3. The van der Waals surface area contributed by atoms with Crippen molar-refractivity contribution >= 4 is 64.3 Å². The van der Waals surface area contributed by atoms with Crippen molar-refractivity contribution in [3.8, 4) is 11.3 Å². The zero-order valence-electron chi connectivity index (χ0n) is 23.0. The molecule has 2 amide bonds. The molecule has 4 aromatic rings. The summed E-state index contributed by atoms with van der Waals surface area (Å²) in [5.74, 6) is 0.362. The summed E-state index contributed by atoms with van der Waals surface area (Å²) in [5, 5.41) is 14.0. The van der Waals surface area contributed by atoms with Gasteiger partial charge in [0.2, 0.25) is 5.91 Å². The first kappa shape index (κ1) is 31.1. The van der Waals surface area contributed by atoms with Gasteiger partial charge in [-0.3, -0.25) is 4.79 Å². The van der Waals surface area contributed by atoms with Gasteiger partial charge in [0, 0.05) is 40.6 Å². The summed E-state index contributed by atoms with van der Waals surface area (Å²) in [4.78, 5) is 34.5. The maximum Gasteiger partial charge on any atom is 0.405 e. The maximum absolute atomic E-state index is 13.3. The van der Waals surface area contributed by atoms with Crippen LogP contribution in [0.3, 0.4) is 0 Å². The second-order valence-corrected chi connectivity index (χ2v) is 10.6. The Kier molecular flexibility index (Phi) is 9.97. The van der Waals surface area contributed by atoms with Crippen molar-refractivity contribution in [1.82, 2.24) is 24.8 Å². The van der Waals surface area contributed by atoms with Crippen LogP contribution in [0.4, 0.5) is 10.5 Å². The van der Waals surface area contributed by atoms with Crippen LogP contribution in [0, 0.1) is 5.92 Å². The molecule has 216 valence electrons. The first-order valence-electron chi connectivity index (χ1n) is 13.4. The average molecular weight is 590 g/mol. The molecule has 1 aliphatic rings. The van der Waals surface area contributed by atoms with E-state index in [-0.39, 0.29) is 42.7 Å². The van der Waals surface area contributed by atoms with Crippen molar-refractivity contribution in [1.29, 1.82) is 0 Å². The van der Waals surface area contributed by atoms with Crippen LogP contribution < -0.4 is 11.1 Å². The number of anilines is 1. The molecule has 9 nitrogen and oxygen atoms in total. The van der Waals surface area contributed by atoms with E-state index in [1.54, 1.807) is 4.90 Å². The summed E-state index contributed by atoms with van der Waals surface area (Å²) in [6.45, 7) is 7.38. The first-order valence-corrected chi connectivity index (χ1v) is 13.4. The second kappa shape index (κ2) is 12.8. The topological polar surface area (TPSA) is 129 Å². The van der Waals surface area contributed by atoms with Crippen molar-refractivity contribution in [3.05, 3.63) is 48.4 Å². The van der Waals surface area contributed by atoms with Crippen LogP contribution in [0.5, 0.6) is 0 Å². The lowest BCUT2D eigenvalue weighted by atomic mass is 10.0. The number of halogens is 2. The fraction of sp³-hybridized carbons (Fsp3) is 0.414. The highest BCUT2D eigenvalue weighted by atomic mass is 35.5. The van der Waals surface area contributed by atoms with Crippen molar-refractivity contribution in [2.45, 2.75) is 65.1 Å². The van der Waals surface area contributed by atoms with E-state index in [2.05, 4.69) is 51.0 Å². The van der Waals surface area contributed by atoms with Gasteiger partial charge in [-0.2, -0.15) is 0 Å². The fourth-order valence-electron chi connectivity index (χ4n) is 5.63. The molecule has 2 aromatic heterocycles. The number of benzene rings is 2. The number of rotatable bonds is 8. The van der Waals surface area contributed by atoms with Crippen molar-refractivity contribution < 1.29 is 14.7 Å². The highest BCUT2D eigenvalue weighted by Crippen LogP contribution is 2.35. The third-order valence-corrected chi connectivity index (χ3v) is 7.60. The number of hydrogen-bond donors (Lipinski definition) is 4. The lowest BCUT2D eigenvalue weighted by molar-refractivity contribution is -0.135. The lowest BCUT2D eigenvalue weighted by Crippen LogP contribution is -2.50. The molecule has 0 bridgehead atoms. The number of imidazole rings is 1. The summed E-state index contributed by atoms with van der Waals surface area (Å²) >= 11 is 0. The van der Waals surface area contributed by atoms with Crippen LogP contribution in [-0.2, 0) is 11.3 Å². The minimum atomic E-state index is -1.19. The fourth-order valence-corrected chi connectivity index (χ4v) is 5.63. The number of carbonyl (C=O) groups is 2. The van der Waals surface area contributed by atoms with Crippen LogP contribution >= 0.6 is 24.8 Å². The van der Waals surface area contributed by atoms with Crippen LogP contribution in [0.15, 0.2) is 42.6 Å². The number of unbranched alkanes of at least 4 members (excludes halogenated alkanes) is 1. The predicted octanol–water partition coefficient (Wildman–Crippen LogP) is 6.37. The number of nitrogens with one attached hydrogen (secondary N) is 2. The third-order valence-electron chi connectivity index (χ3n) is 7.60. The van der Waals surface area contributed by atoms with E-state index >= 15 is 0 Å². The summed E-state index contributed by atoms with van der Waals surface area (Å²) in [5.41, 5.74) is 11.1. The number of carbonyl (C=O) groups excluding carboxylic acids is 1. The van der Waals surface area contributed by atoms with Crippen LogP contribution in [0.25, 0.3) is 33.1 Å². The molecule has 2 aromatic carbocycles. The number of nitrogens with two attached hydrogens (primary N) is 1. The molecule has 5 rings (SSSR count). The smallest absolute Gasteiger partial charge is 0.405 e. The average Bonchev–Trinajstić information content (AvgIpc) is 3.62. The summed E-state index contributed by atoms with van der Waals surface area (Å²) in [6.07, 6.45) is 4.43. The summed E-state index contributed by atoms with van der Waals surface area (Å²) in [7, 11) is 0. The van der Waals surface area contributed by atoms with E-state index in [0.29, 0.717) is 6.54 Å². The molecular weight excluding hydrogens is 551 g/mol. The van der Waals surface area contributed by atoms with Gasteiger partial charge in [0.05, 0.1) is 23.4 Å². The first-order chi connectivity index (χ1) is 18.3. The van der Waals surface area contributed by atoms with Gasteiger partial charge in [0.25, 0.3) is 0 Å². The van der Waals surface area contributed by atoms with Crippen LogP contribution in [0.1, 0.15) is 58.3 Å². The van der Waals surface area contributed by atoms with E-state index < -0.39 is 12.1 Å². The van der Waals surface area contributed by atoms with Gasteiger partial charge >= 0.3 is 6.09 Å².